The average molecular weight is 331 g/mol. The van der Waals surface area contributed by atoms with E-state index in [0.29, 0.717) is 6.42 Å². The highest BCUT2D eigenvalue weighted by Gasteiger charge is 2.51. The molecule has 1 N–H and O–H groups in total. The van der Waals surface area contributed by atoms with Crippen LogP contribution in [-0.2, 0) is 4.79 Å². The van der Waals surface area contributed by atoms with E-state index in [-0.39, 0.29) is 23.0 Å². The van der Waals surface area contributed by atoms with Gasteiger partial charge >= 0.3 is 5.88 Å². The van der Waals surface area contributed by atoms with Crippen LogP contribution >= 0.6 is 0 Å². The lowest BCUT2D eigenvalue weighted by molar-refractivity contribution is -0.402. The van der Waals surface area contributed by atoms with Crippen LogP contribution in [-0.4, -0.2) is 17.0 Å². The molecule has 0 atom stereocenters. The number of amides is 1. The van der Waals surface area contributed by atoms with Crippen molar-refractivity contribution in [3.63, 3.8) is 0 Å². The number of nitrogens with one attached hydrogen (secondary N) is 1. The second-order valence-corrected chi connectivity index (χ2v) is 7.82. The minimum absolute atomic E-state index is 0.0748. The Bertz CT molecular complexity index is 658. The fourth-order valence-corrected chi connectivity index (χ4v) is 5.56. The molecule has 4 fully saturated rings. The molecule has 0 aromatic carbocycles. The molecule has 0 unspecified atom stereocenters. The van der Waals surface area contributed by atoms with E-state index in [0.717, 1.165) is 17.8 Å². The predicted octanol–water partition coefficient (Wildman–Crippen LogP) is 3.24. The number of hydrogen-bond donors (Lipinski definition) is 1. The van der Waals surface area contributed by atoms with Crippen LogP contribution in [0.4, 0.5) is 5.88 Å². The zero-order valence-electron chi connectivity index (χ0n) is 13.4. The van der Waals surface area contributed by atoms with E-state index in [9.17, 15) is 14.9 Å². The first-order valence-electron chi connectivity index (χ1n) is 8.57. The molecular formula is C17H21N3O4. The summed E-state index contributed by atoms with van der Waals surface area (Å²) in [6, 6.07) is 2.71. The summed E-state index contributed by atoms with van der Waals surface area (Å²) in [4.78, 5) is 22.2. The molecule has 4 aliphatic rings. The second kappa shape index (κ2) is 5.72. The molecule has 5 rings (SSSR count). The maximum atomic E-state index is 12.3. The Morgan fingerprint density at radius 2 is 1.92 bits per heavy atom. The number of hydrazone groups is 1. The third-order valence-corrected chi connectivity index (χ3v) is 5.87. The van der Waals surface area contributed by atoms with Crippen molar-refractivity contribution in [2.75, 3.05) is 0 Å². The Labute approximate surface area is 139 Å². The first-order valence-corrected chi connectivity index (χ1v) is 8.57. The van der Waals surface area contributed by atoms with Crippen molar-refractivity contribution in [3.8, 4) is 0 Å². The van der Waals surface area contributed by atoms with E-state index < -0.39 is 4.92 Å². The van der Waals surface area contributed by atoms with E-state index in [1.165, 1.54) is 56.9 Å². The minimum atomic E-state index is -0.608. The second-order valence-electron chi connectivity index (χ2n) is 7.82. The summed E-state index contributed by atoms with van der Waals surface area (Å²) in [5, 5.41) is 14.4. The number of carbonyl (C=O) groups is 1. The van der Waals surface area contributed by atoms with Gasteiger partial charge in [-0.25, -0.2) is 5.43 Å². The number of hydrogen-bond acceptors (Lipinski definition) is 5. The monoisotopic (exact) mass is 331 g/mol. The topological polar surface area (TPSA) is 97.7 Å². The van der Waals surface area contributed by atoms with E-state index >= 15 is 0 Å². The summed E-state index contributed by atoms with van der Waals surface area (Å²) in [5.74, 6) is 2.28. The molecule has 1 amide bonds. The predicted molar refractivity (Wildman–Crippen MR) is 86.3 cm³/mol. The zero-order chi connectivity index (χ0) is 16.7. The van der Waals surface area contributed by atoms with Gasteiger partial charge in [-0.2, -0.15) is 5.10 Å². The molecule has 1 heterocycles. The van der Waals surface area contributed by atoms with Gasteiger partial charge in [0.1, 0.15) is 4.92 Å². The lowest BCUT2D eigenvalue weighted by atomic mass is 9.49. The highest BCUT2D eigenvalue weighted by molar-refractivity contribution is 5.80. The smallest absolute Gasteiger partial charge is 0.400 e. The van der Waals surface area contributed by atoms with Crippen molar-refractivity contribution in [2.24, 2.45) is 28.3 Å². The molecule has 0 saturated heterocycles. The van der Waals surface area contributed by atoms with Crippen molar-refractivity contribution in [3.05, 3.63) is 28.0 Å². The highest BCUT2D eigenvalue weighted by Crippen LogP contribution is 2.61. The Morgan fingerprint density at radius 1 is 1.29 bits per heavy atom. The van der Waals surface area contributed by atoms with Crippen LogP contribution < -0.4 is 5.43 Å². The lowest BCUT2D eigenvalue weighted by Gasteiger charge is -2.56. The molecule has 24 heavy (non-hydrogen) atoms. The number of nitro groups is 1. The molecule has 4 aliphatic carbocycles. The van der Waals surface area contributed by atoms with Gasteiger partial charge in [-0.1, -0.05) is 0 Å². The maximum absolute atomic E-state index is 12.3. The molecule has 128 valence electrons. The van der Waals surface area contributed by atoms with Crippen LogP contribution in [0.2, 0.25) is 0 Å². The molecule has 1 aromatic rings. The Balaban J connectivity index is 1.33. The third-order valence-electron chi connectivity index (χ3n) is 5.87. The molecule has 4 bridgehead atoms. The number of rotatable bonds is 5. The van der Waals surface area contributed by atoms with Gasteiger partial charge in [0.25, 0.3) is 0 Å². The average Bonchev–Trinajstić information content (AvgIpc) is 2.94. The number of carbonyl (C=O) groups excluding carboxylic acids is 1. The molecular weight excluding hydrogens is 310 g/mol. The van der Waals surface area contributed by atoms with E-state index in [1.54, 1.807) is 0 Å². The number of nitrogens with zero attached hydrogens (tertiary/aromatic N) is 2. The van der Waals surface area contributed by atoms with Crippen LogP contribution in [0.15, 0.2) is 21.7 Å². The van der Waals surface area contributed by atoms with Crippen LogP contribution in [0.25, 0.3) is 0 Å². The van der Waals surface area contributed by atoms with Crippen LogP contribution in [0.5, 0.6) is 0 Å². The lowest BCUT2D eigenvalue weighted by Crippen LogP contribution is -2.47. The van der Waals surface area contributed by atoms with Gasteiger partial charge in [0.15, 0.2) is 5.76 Å². The summed E-state index contributed by atoms with van der Waals surface area (Å²) in [5.41, 5.74) is 2.72. The molecule has 4 saturated carbocycles. The first kappa shape index (κ1) is 15.4. The minimum Gasteiger partial charge on any atom is -0.400 e. The Hall–Kier alpha value is -2.18. The van der Waals surface area contributed by atoms with E-state index in [2.05, 4.69) is 10.5 Å². The van der Waals surface area contributed by atoms with Crippen LogP contribution in [0, 0.1) is 33.3 Å². The van der Waals surface area contributed by atoms with Gasteiger partial charge in [0.2, 0.25) is 5.91 Å². The quantitative estimate of drug-likeness (QED) is 0.509. The standard InChI is InChI=1S/C17H21N3O4/c21-15(19-18-10-14-1-2-16(24-14)20(22)23)9-17-6-11-3-12(7-17)5-13(4-11)8-17/h1-2,10-13H,3-9H2,(H,19,21). The summed E-state index contributed by atoms with van der Waals surface area (Å²) in [7, 11) is 0. The van der Waals surface area contributed by atoms with Crippen molar-refractivity contribution in [1.82, 2.24) is 5.43 Å². The number of furan rings is 1. The molecule has 7 heteroatoms. The molecule has 0 radical (unpaired) electrons. The van der Waals surface area contributed by atoms with Crippen LogP contribution in [0.3, 0.4) is 0 Å². The Kier molecular flexibility index (Phi) is 3.66. The molecule has 0 aliphatic heterocycles. The summed E-state index contributed by atoms with van der Waals surface area (Å²) in [6.07, 6.45) is 9.45. The molecule has 7 nitrogen and oxygen atoms in total. The van der Waals surface area contributed by atoms with Gasteiger partial charge in [-0.3, -0.25) is 14.9 Å². The molecule has 0 spiro atoms. The largest absolute Gasteiger partial charge is 0.433 e. The molecule has 1 aromatic heterocycles. The fraction of sp³-hybridized carbons (Fsp3) is 0.647. The highest BCUT2D eigenvalue weighted by atomic mass is 16.6. The van der Waals surface area contributed by atoms with Gasteiger partial charge in [0.05, 0.1) is 12.3 Å². The summed E-state index contributed by atoms with van der Waals surface area (Å²) >= 11 is 0. The zero-order valence-corrected chi connectivity index (χ0v) is 13.4. The van der Waals surface area contributed by atoms with Crippen molar-refractivity contribution in [1.29, 1.82) is 0 Å². The van der Waals surface area contributed by atoms with Gasteiger partial charge in [-0.05, 0) is 67.8 Å². The van der Waals surface area contributed by atoms with Crippen LogP contribution in [0.1, 0.15) is 50.7 Å². The van der Waals surface area contributed by atoms with E-state index in [1.807, 2.05) is 0 Å². The Morgan fingerprint density at radius 3 is 2.46 bits per heavy atom. The first-order chi connectivity index (χ1) is 11.5. The maximum Gasteiger partial charge on any atom is 0.433 e. The third kappa shape index (κ3) is 2.95. The fourth-order valence-electron chi connectivity index (χ4n) is 5.56. The van der Waals surface area contributed by atoms with Gasteiger partial charge in [0, 0.05) is 6.42 Å². The summed E-state index contributed by atoms with van der Waals surface area (Å²) < 4.78 is 4.96. The van der Waals surface area contributed by atoms with E-state index in [4.69, 9.17) is 4.42 Å². The van der Waals surface area contributed by atoms with Crippen molar-refractivity contribution in [2.45, 2.75) is 44.9 Å². The van der Waals surface area contributed by atoms with Crippen molar-refractivity contribution < 1.29 is 14.1 Å². The SMILES string of the molecule is O=C(CC12CC3CC(CC(C3)C1)C2)NN=Cc1ccc([N+](=O)[O-])o1. The van der Waals surface area contributed by atoms with Gasteiger partial charge in [-0.15, -0.1) is 0 Å². The summed E-state index contributed by atoms with van der Waals surface area (Å²) in [6.45, 7) is 0. The van der Waals surface area contributed by atoms with Gasteiger partial charge < -0.3 is 4.42 Å². The van der Waals surface area contributed by atoms with Crippen molar-refractivity contribution >= 4 is 18.0 Å². The normalized spacial score (nSPS) is 33.9.